The third-order valence-corrected chi connectivity index (χ3v) is 3.38. The van der Waals surface area contributed by atoms with Crippen LogP contribution in [-0.2, 0) is 7.05 Å². The Kier molecular flexibility index (Phi) is 3.77. The van der Waals surface area contributed by atoms with Gasteiger partial charge in [0.25, 0.3) is 0 Å². The van der Waals surface area contributed by atoms with E-state index in [0.29, 0.717) is 0 Å². The van der Waals surface area contributed by atoms with E-state index in [-0.39, 0.29) is 5.56 Å². The van der Waals surface area contributed by atoms with Gasteiger partial charge in [-0.25, -0.2) is 8.78 Å². The molecule has 1 heterocycles. The van der Waals surface area contributed by atoms with Gasteiger partial charge in [-0.3, -0.25) is 4.68 Å². The fourth-order valence-electron chi connectivity index (χ4n) is 1.92. The Hall–Kier alpha value is -1.27. The Morgan fingerprint density at radius 1 is 1.39 bits per heavy atom. The van der Waals surface area contributed by atoms with Crippen LogP contribution in [-0.4, -0.2) is 16.8 Å². The molecule has 2 aromatic rings. The Balaban J connectivity index is 2.55. The molecule has 0 bridgehead atoms. The molecule has 1 aromatic heterocycles. The van der Waals surface area contributed by atoms with Crippen molar-refractivity contribution in [1.82, 2.24) is 15.1 Å². The molecule has 6 heteroatoms. The van der Waals surface area contributed by atoms with Crippen molar-refractivity contribution in [3.05, 3.63) is 51.8 Å². The fourth-order valence-corrected chi connectivity index (χ4v) is 2.50. The van der Waals surface area contributed by atoms with Crippen LogP contribution < -0.4 is 5.32 Å². The largest absolute Gasteiger partial charge is 0.308 e. The van der Waals surface area contributed by atoms with Gasteiger partial charge in [-0.15, -0.1) is 0 Å². The lowest BCUT2D eigenvalue weighted by Gasteiger charge is -2.18. The zero-order chi connectivity index (χ0) is 13.3. The highest BCUT2D eigenvalue weighted by Gasteiger charge is 2.22. The Bertz CT molecular complexity index is 549. The number of hydrogen-bond donors (Lipinski definition) is 1. The van der Waals surface area contributed by atoms with Crippen LogP contribution in [0.25, 0.3) is 0 Å². The van der Waals surface area contributed by atoms with Crippen LogP contribution in [0.4, 0.5) is 8.78 Å². The normalized spacial score (nSPS) is 12.7. The molecule has 0 amide bonds. The maximum absolute atomic E-state index is 13.8. The van der Waals surface area contributed by atoms with Gasteiger partial charge in [0.2, 0.25) is 0 Å². The molecule has 0 aliphatic rings. The summed E-state index contributed by atoms with van der Waals surface area (Å²) in [6, 6.07) is 2.95. The number of aryl methyl sites for hydroxylation is 1. The fraction of sp³-hybridized carbons (Fsp3) is 0.250. The van der Waals surface area contributed by atoms with Crippen molar-refractivity contribution in [2.45, 2.75) is 6.04 Å². The number of hydrogen-bond acceptors (Lipinski definition) is 2. The molecule has 0 saturated heterocycles. The minimum atomic E-state index is -0.470. The molecule has 0 aliphatic heterocycles. The number of benzene rings is 1. The summed E-state index contributed by atoms with van der Waals surface area (Å²) in [4.78, 5) is 0. The third-order valence-electron chi connectivity index (χ3n) is 2.77. The summed E-state index contributed by atoms with van der Waals surface area (Å²) in [5, 5.41) is 7.05. The predicted octanol–water partition coefficient (Wildman–Crippen LogP) is 2.77. The second-order valence-electron chi connectivity index (χ2n) is 3.89. The lowest BCUT2D eigenvalue weighted by Crippen LogP contribution is -2.22. The highest BCUT2D eigenvalue weighted by molar-refractivity contribution is 9.10. The van der Waals surface area contributed by atoms with E-state index in [1.165, 1.54) is 6.07 Å². The molecule has 0 fully saturated rings. The first kappa shape index (κ1) is 13.2. The minimum Gasteiger partial charge on any atom is -0.308 e. The van der Waals surface area contributed by atoms with Crippen LogP contribution in [0.2, 0.25) is 0 Å². The molecule has 1 unspecified atom stereocenters. The summed E-state index contributed by atoms with van der Waals surface area (Å²) in [7, 11) is 3.44. The molecule has 0 radical (unpaired) electrons. The number of halogens is 3. The van der Waals surface area contributed by atoms with Crippen molar-refractivity contribution in [2.24, 2.45) is 7.05 Å². The van der Waals surface area contributed by atoms with Gasteiger partial charge in [0.1, 0.15) is 11.6 Å². The summed E-state index contributed by atoms with van der Waals surface area (Å²) < 4.78 is 29.4. The van der Waals surface area contributed by atoms with E-state index in [0.717, 1.165) is 22.3 Å². The van der Waals surface area contributed by atoms with Gasteiger partial charge in [-0.2, -0.15) is 5.10 Å². The average molecular weight is 316 g/mol. The van der Waals surface area contributed by atoms with E-state index >= 15 is 0 Å². The lowest BCUT2D eigenvalue weighted by atomic mass is 10.0. The van der Waals surface area contributed by atoms with E-state index in [4.69, 9.17) is 0 Å². The summed E-state index contributed by atoms with van der Waals surface area (Å²) in [6.07, 6.45) is 1.62. The molecule has 0 aliphatic carbocycles. The monoisotopic (exact) mass is 315 g/mol. The smallest absolute Gasteiger partial charge is 0.128 e. The average Bonchev–Trinajstić information content (AvgIpc) is 2.66. The maximum atomic E-state index is 13.8. The Labute approximate surface area is 112 Å². The molecule has 0 spiro atoms. The first-order valence-corrected chi connectivity index (χ1v) is 6.13. The highest BCUT2D eigenvalue weighted by atomic mass is 79.9. The van der Waals surface area contributed by atoms with Crippen LogP contribution in [0.1, 0.15) is 17.3 Å². The van der Waals surface area contributed by atoms with Gasteiger partial charge in [0.15, 0.2) is 0 Å². The van der Waals surface area contributed by atoms with E-state index in [1.807, 2.05) is 0 Å². The van der Waals surface area contributed by atoms with Gasteiger partial charge in [0, 0.05) is 12.6 Å². The van der Waals surface area contributed by atoms with Crippen LogP contribution in [0.5, 0.6) is 0 Å². The summed E-state index contributed by atoms with van der Waals surface area (Å²) >= 11 is 3.36. The lowest BCUT2D eigenvalue weighted by molar-refractivity contribution is 0.538. The second kappa shape index (κ2) is 5.16. The second-order valence-corrected chi connectivity index (χ2v) is 4.74. The number of nitrogens with zero attached hydrogens (tertiary/aromatic N) is 2. The van der Waals surface area contributed by atoms with Crippen LogP contribution in [0.15, 0.2) is 28.9 Å². The SMILES string of the molecule is CNC(c1cc(F)ccc1F)c1c(Br)cnn1C. The van der Waals surface area contributed by atoms with Crippen molar-refractivity contribution in [1.29, 1.82) is 0 Å². The van der Waals surface area contributed by atoms with Gasteiger partial charge in [-0.05, 0) is 41.2 Å². The van der Waals surface area contributed by atoms with Crippen LogP contribution >= 0.6 is 15.9 Å². The van der Waals surface area contributed by atoms with E-state index in [1.54, 1.807) is 25.0 Å². The molecule has 96 valence electrons. The molecule has 18 heavy (non-hydrogen) atoms. The quantitative estimate of drug-likeness (QED) is 0.944. The Morgan fingerprint density at radius 3 is 2.67 bits per heavy atom. The van der Waals surface area contributed by atoms with Crippen molar-refractivity contribution in [3.8, 4) is 0 Å². The van der Waals surface area contributed by atoms with Crippen molar-refractivity contribution in [3.63, 3.8) is 0 Å². The van der Waals surface area contributed by atoms with Crippen molar-refractivity contribution in [2.75, 3.05) is 7.05 Å². The molecule has 1 atom stereocenters. The topological polar surface area (TPSA) is 29.9 Å². The molecule has 0 saturated carbocycles. The summed E-state index contributed by atoms with van der Waals surface area (Å²) in [6.45, 7) is 0. The van der Waals surface area contributed by atoms with Crippen molar-refractivity contribution >= 4 is 15.9 Å². The van der Waals surface area contributed by atoms with Gasteiger partial charge >= 0.3 is 0 Å². The minimum absolute atomic E-state index is 0.252. The highest BCUT2D eigenvalue weighted by Crippen LogP contribution is 2.29. The predicted molar refractivity (Wildman–Crippen MR) is 68.2 cm³/mol. The van der Waals surface area contributed by atoms with Gasteiger partial charge in [-0.1, -0.05) is 0 Å². The van der Waals surface area contributed by atoms with Gasteiger partial charge in [0.05, 0.1) is 22.4 Å². The zero-order valence-electron chi connectivity index (χ0n) is 9.92. The molecule has 2 rings (SSSR count). The van der Waals surface area contributed by atoms with E-state index in [2.05, 4.69) is 26.3 Å². The molecular weight excluding hydrogens is 304 g/mol. The first-order chi connectivity index (χ1) is 8.54. The van der Waals surface area contributed by atoms with Crippen molar-refractivity contribution < 1.29 is 8.78 Å². The number of nitrogens with one attached hydrogen (secondary N) is 1. The molecule has 1 aromatic carbocycles. The number of rotatable bonds is 3. The molecule has 1 N–H and O–H groups in total. The summed E-state index contributed by atoms with van der Waals surface area (Å²) in [5.74, 6) is -0.922. The van der Waals surface area contributed by atoms with Crippen LogP contribution in [0.3, 0.4) is 0 Å². The first-order valence-electron chi connectivity index (χ1n) is 5.34. The molecular formula is C12H12BrF2N3. The standard InChI is InChI=1S/C12H12BrF2N3/c1-16-11(12-9(13)6-17-18(12)2)8-5-7(14)3-4-10(8)15/h3-6,11,16H,1-2H3. The Morgan fingerprint density at radius 2 is 2.11 bits per heavy atom. The third kappa shape index (κ3) is 2.30. The summed E-state index contributed by atoms with van der Waals surface area (Å²) in [5.41, 5.74) is 0.990. The van der Waals surface area contributed by atoms with E-state index < -0.39 is 17.7 Å². The molecule has 3 nitrogen and oxygen atoms in total. The maximum Gasteiger partial charge on any atom is 0.128 e. The van der Waals surface area contributed by atoms with Gasteiger partial charge < -0.3 is 5.32 Å². The van der Waals surface area contributed by atoms with E-state index in [9.17, 15) is 8.78 Å². The number of aromatic nitrogens is 2. The zero-order valence-corrected chi connectivity index (χ0v) is 11.5. The van der Waals surface area contributed by atoms with Crippen LogP contribution in [0, 0.1) is 11.6 Å².